The number of amides is 1. The van der Waals surface area contributed by atoms with Crippen LogP contribution in [0.25, 0.3) is 11.0 Å². The molecule has 0 aliphatic carbocycles. The lowest BCUT2D eigenvalue weighted by Gasteiger charge is -2.15. The predicted molar refractivity (Wildman–Crippen MR) is 79.0 cm³/mol. The third kappa shape index (κ3) is 2.76. The van der Waals surface area contributed by atoms with Gasteiger partial charge in [0, 0.05) is 19.0 Å². The van der Waals surface area contributed by atoms with Gasteiger partial charge in [0.1, 0.15) is 17.5 Å². The van der Waals surface area contributed by atoms with E-state index in [1.165, 1.54) is 0 Å². The number of hydrogen-bond acceptors (Lipinski definition) is 3. The van der Waals surface area contributed by atoms with Crippen LogP contribution in [0.4, 0.5) is 4.39 Å². The van der Waals surface area contributed by atoms with E-state index in [-0.39, 0.29) is 5.92 Å². The van der Waals surface area contributed by atoms with Crippen molar-refractivity contribution in [3.05, 3.63) is 29.6 Å². The molecule has 0 saturated carbocycles. The second-order valence-electron chi connectivity index (χ2n) is 5.71. The number of nitrogens with one attached hydrogen (secondary N) is 1. The molecule has 6 heteroatoms. The number of aromatic amines is 1. The fourth-order valence-corrected chi connectivity index (χ4v) is 3.02. The lowest BCUT2D eigenvalue weighted by molar-refractivity contribution is 0.100. The first kappa shape index (κ1) is 14.0. The molecule has 1 saturated heterocycles. The molecule has 112 valence electrons. The smallest absolute Gasteiger partial charge is 0.250 e. The molecule has 2 atom stereocenters. The lowest BCUT2D eigenvalue weighted by Crippen LogP contribution is -2.26. The van der Waals surface area contributed by atoms with Crippen LogP contribution in [-0.4, -0.2) is 46.6 Å². The normalized spacial score (nSPS) is 21.0. The molecular formula is C15H19FN4O. The highest BCUT2D eigenvalue weighted by Crippen LogP contribution is 2.28. The summed E-state index contributed by atoms with van der Waals surface area (Å²) in [5.41, 5.74) is 7.25. The largest absolute Gasteiger partial charge is 0.366 e. The van der Waals surface area contributed by atoms with Crippen LogP contribution in [-0.2, 0) is 0 Å². The van der Waals surface area contributed by atoms with Crippen molar-refractivity contribution in [2.45, 2.75) is 25.4 Å². The van der Waals surface area contributed by atoms with E-state index in [4.69, 9.17) is 5.73 Å². The number of imidazole rings is 1. The van der Waals surface area contributed by atoms with Gasteiger partial charge < -0.3 is 10.7 Å². The molecule has 1 aliphatic rings. The average Bonchev–Trinajstić information content (AvgIpc) is 3.02. The molecule has 1 aromatic heterocycles. The maximum absolute atomic E-state index is 13.1. The first-order chi connectivity index (χ1) is 10.0. The summed E-state index contributed by atoms with van der Waals surface area (Å²) in [6.07, 6.45) is 0.124. The van der Waals surface area contributed by atoms with Crippen LogP contribution in [0, 0.1) is 0 Å². The van der Waals surface area contributed by atoms with Crippen molar-refractivity contribution in [2.75, 3.05) is 19.6 Å². The maximum atomic E-state index is 13.1. The summed E-state index contributed by atoms with van der Waals surface area (Å²) >= 11 is 0. The fraction of sp³-hybridized carbons (Fsp3) is 0.467. The number of H-pyrrole nitrogens is 1. The molecule has 3 rings (SSSR count). The van der Waals surface area contributed by atoms with E-state index in [1.54, 1.807) is 19.1 Å². The van der Waals surface area contributed by atoms with Crippen LogP contribution < -0.4 is 5.73 Å². The molecule has 1 aliphatic heterocycles. The highest BCUT2D eigenvalue weighted by Gasteiger charge is 2.27. The van der Waals surface area contributed by atoms with Crippen molar-refractivity contribution in [1.82, 2.24) is 14.9 Å². The lowest BCUT2D eigenvalue weighted by atomic mass is 10.1. The van der Waals surface area contributed by atoms with Gasteiger partial charge in [0.25, 0.3) is 5.91 Å². The van der Waals surface area contributed by atoms with Crippen molar-refractivity contribution >= 4 is 16.9 Å². The second-order valence-corrected chi connectivity index (χ2v) is 5.71. The molecule has 3 N–H and O–H groups in total. The first-order valence-electron chi connectivity index (χ1n) is 7.19. The minimum absolute atomic E-state index is 0.247. The van der Waals surface area contributed by atoms with Gasteiger partial charge in [-0.15, -0.1) is 0 Å². The van der Waals surface area contributed by atoms with Crippen LogP contribution in [0.1, 0.15) is 35.4 Å². The number of benzene rings is 1. The minimum Gasteiger partial charge on any atom is -0.366 e. The summed E-state index contributed by atoms with van der Waals surface area (Å²) in [6, 6.07) is 5.35. The highest BCUT2D eigenvalue weighted by atomic mass is 19.1. The molecule has 5 nitrogen and oxygen atoms in total. The van der Waals surface area contributed by atoms with Crippen LogP contribution in [0.15, 0.2) is 18.2 Å². The minimum atomic E-state index is -0.819. The number of halogens is 1. The molecular weight excluding hydrogens is 271 g/mol. The Balaban J connectivity index is 1.85. The molecule has 0 bridgehead atoms. The Labute approximate surface area is 122 Å². The standard InChI is InChI=1S/C15H19FN4O/c1-9(16)7-20-6-5-10(8-20)15-18-12-4-2-3-11(14(17)21)13(12)19-15/h2-4,9-10H,5-8H2,1H3,(H2,17,21)(H,18,19). The van der Waals surface area contributed by atoms with Gasteiger partial charge in [-0.1, -0.05) is 6.07 Å². The number of aromatic nitrogens is 2. The van der Waals surface area contributed by atoms with Crippen LogP contribution >= 0.6 is 0 Å². The van der Waals surface area contributed by atoms with E-state index in [1.807, 2.05) is 6.07 Å². The Morgan fingerprint density at radius 3 is 3.14 bits per heavy atom. The zero-order chi connectivity index (χ0) is 15.0. The zero-order valence-electron chi connectivity index (χ0n) is 12.0. The van der Waals surface area contributed by atoms with E-state index in [0.29, 0.717) is 17.6 Å². The van der Waals surface area contributed by atoms with Crippen molar-refractivity contribution in [3.8, 4) is 0 Å². The van der Waals surface area contributed by atoms with Gasteiger partial charge in [-0.05, 0) is 32.0 Å². The van der Waals surface area contributed by atoms with Crippen molar-refractivity contribution in [2.24, 2.45) is 5.73 Å². The molecule has 0 spiro atoms. The number of rotatable bonds is 4. The van der Waals surface area contributed by atoms with Crippen molar-refractivity contribution in [3.63, 3.8) is 0 Å². The van der Waals surface area contributed by atoms with Crippen LogP contribution in [0.5, 0.6) is 0 Å². The summed E-state index contributed by atoms with van der Waals surface area (Å²) in [5.74, 6) is 0.627. The summed E-state index contributed by atoms with van der Waals surface area (Å²) < 4.78 is 13.1. The van der Waals surface area contributed by atoms with Gasteiger partial charge in [0.05, 0.1) is 11.1 Å². The van der Waals surface area contributed by atoms with E-state index in [0.717, 1.165) is 30.9 Å². The summed E-state index contributed by atoms with van der Waals surface area (Å²) in [7, 11) is 0. The Morgan fingerprint density at radius 2 is 2.43 bits per heavy atom. The number of carbonyl (C=O) groups excluding carboxylic acids is 1. The number of likely N-dealkylation sites (tertiary alicyclic amines) is 1. The molecule has 21 heavy (non-hydrogen) atoms. The zero-order valence-corrected chi connectivity index (χ0v) is 12.0. The molecule has 1 aromatic carbocycles. The molecule has 2 aromatic rings. The third-order valence-electron chi connectivity index (χ3n) is 3.97. The number of carbonyl (C=O) groups is 1. The molecule has 0 radical (unpaired) electrons. The Morgan fingerprint density at radius 1 is 1.62 bits per heavy atom. The van der Waals surface area contributed by atoms with Gasteiger partial charge in [0.2, 0.25) is 0 Å². The number of para-hydroxylation sites is 1. The van der Waals surface area contributed by atoms with E-state index in [9.17, 15) is 9.18 Å². The van der Waals surface area contributed by atoms with Crippen LogP contribution in [0.2, 0.25) is 0 Å². The van der Waals surface area contributed by atoms with E-state index in [2.05, 4.69) is 14.9 Å². The summed E-state index contributed by atoms with van der Waals surface area (Å²) in [6.45, 7) is 3.70. The number of hydrogen-bond donors (Lipinski definition) is 2. The van der Waals surface area contributed by atoms with Gasteiger partial charge in [-0.3, -0.25) is 9.69 Å². The van der Waals surface area contributed by atoms with Crippen molar-refractivity contribution < 1.29 is 9.18 Å². The van der Waals surface area contributed by atoms with Gasteiger partial charge in [-0.2, -0.15) is 0 Å². The number of alkyl halides is 1. The van der Waals surface area contributed by atoms with E-state index >= 15 is 0 Å². The summed E-state index contributed by atoms with van der Waals surface area (Å²) in [4.78, 5) is 21.4. The fourth-order valence-electron chi connectivity index (χ4n) is 3.02. The molecule has 1 fully saturated rings. The Kier molecular flexibility index (Phi) is 3.63. The van der Waals surface area contributed by atoms with Gasteiger partial charge in [-0.25, -0.2) is 9.37 Å². The average molecular weight is 290 g/mol. The number of primary amides is 1. The topological polar surface area (TPSA) is 75.0 Å². The number of nitrogens with two attached hydrogens (primary N) is 1. The second kappa shape index (κ2) is 5.44. The van der Waals surface area contributed by atoms with Gasteiger partial charge in [0.15, 0.2) is 0 Å². The quantitative estimate of drug-likeness (QED) is 0.901. The number of fused-ring (bicyclic) bond motifs is 1. The Bertz CT molecular complexity index is 667. The molecule has 2 unspecified atom stereocenters. The number of nitrogens with zero attached hydrogens (tertiary/aromatic N) is 2. The van der Waals surface area contributed by atoms with Gasteiger partial charge >= 0.3 is 0 Å². The molecule has 2 heterocycles. The third-order valence-corrected chi connectivity index (χ3v) is 3.97. The van der Waals surface area contributed by atoms with Crippen molar-refractivity contribution in [1.29, 1.82) is 0 Å². The monoisotopic (exact) mass is 290 g/mol. The first-order valence-corrected chi connectivity index (χ1v) is 7.19. The molecule has 1 amide bonds. The highest BCUT2D eigenvalue weighted by molar-refractivity contribution is 6.04. The predicted octanol–water partition coefficient (Wildman–Crippen LogP) is 1.81. The summed E-state index contributed by atoms with van der Waals surface area (Å²) in [5, 5.41) is 0. The Hall–Kier alpha value is -1.95. The maximum Gasteiger partial charge on any atom is 0.250 e. The van der Waals surface area contributed by atoms with Crippen LogP contribution in [0.3, 0.4) is 0 Å². The SMILES string of the molecule is CC(F)CN1CCC(c2nc3c(C(N)=O)cccc3[nH]2)C1. The van der Waals surface area contributed by atoms with E-state index < -0.39 is 12.1 Å².